The Kier molecular flexibility index (Phi) is 4.94. The second-order valence-electron chi connectivity index (χ2n) is 5.42. The van der Waals surface area contributed by atoms with E-state index in [4.69, 9.17) is 16.3 Å². The van der Waals surface area contributed by atoms with E-state index in [9.17, 15) is 4.79 Å². The summed E-state index contributed by atoms with van der Waals surface area (Å²) in [7, 11) is 1.70. The lowest BCUT2D eigenvalue weighted by Crippen LogP contribution is -2.34. The van der Waals surface area contributed by atoms with Crippen molar-refractivity contribution in [2.75, 3.05) is 7.11 Å². The van der Waals surface area contributed by atoms with Gasteiger partial charge >= 0.3 is 0 Å². The molecule has 110 valence electrons. The number of nitrogens with zero attached hydrogens (tertiary/aromatic N) is 2. The molecule has 2 rings (SSSR count). The van der Waals surface area contributed by atoms with E-state index >= 15 is 0 Å². The normalized spacial score (nSPS) is 22.2. The maximum Gasteiger partial charge on any atom is 0.271 e. The van der Waals surface area contributed by atoms with E-state index in [1.54, 1.807) is 7.11 Å². The molecular formula is C14H20ClN3O2. The Morgan fingerprint density at radius 1 is 1.50 bits per heavy atom. The van der Waals surface area contributed by atoms with Crippen LogP contribution in [0.15, 0.2) is 6.20 Å². The van der Waals surface area contributed by atoms with Crippen molar-refractivity contribution in [3.05, 3.63) is 22.7 Å². The molecule has 1 heterocycles. The third kappa shape index (κ3) is 3.46. The van der Waals surface area contributed by atoms with Crippen LogP contribution in [0.5, 0.6) is 0 Å². The molecule has 2 atom stereocenters. The first-order chi connectivity index (χ1) is 9.51. The fourth-order valence-corrected chi connectivity index (χ4v) is 2.53. The van der Waals surface area contributed by atoms with Gasteiger partial charge in [0.05, 0.1) is 17.3 Å². The molecule has 0 aromatic carbocycles. The molecule has 1 aromatic rings. The molecule has 1 amide bonds. The number of aromatic nitrogens is 2. The van der Waals surface area contributed by atoms with Crippen LogP contribution in [0, 0.1) is 0 Å². The molecule has 0 spiro atoms. The van der Waals surface area contributed by atoms with Gasteiger partial charge in [0, 0.05) is 19.1 Å². The Labute approximate surface area is 124 Å². The highest BCUT2D eigenvalue weighted by molar-refractivity contribution is 6.33. The summed E-state index contributed by atoms with van der Waals surface area (Å²) in [5.74, 6) is 0.546. The van der Waals surface area contributed by atoms with Crippen molar-refractivity contribution < 1.29 is 9.53 Å². The molecule has 1 saturated carbocycles. The summed E-state index contributed by atoms with van der Waals surface area (Å²) in [6, 6.07) is 0.126. The lowest BCUT2D eigenvalue weighted by atomic mass is 10.2. The molecule has 0 radical (unpaired) electrons. The molecule has 0 aliphatic heterocycles. The molecule has 1 N–H and O–H groups in total. The van der Waals surface area contributed by atoms with E-state index in [1.165, 1.54) is 6.20 Å². The molecule has 6 heteroatoms. The minimum atomic E-state index is -0.235. The third-order valence-corrected chi connectivity index (χ3v) is 3.82. The smallest absolute Gasteiger partial charge is 0.271 e. The van der Waals surface area contributed by atoms with Crippen LogP contribution >= 0.6 is 11.6 Å². The predicted molar refractivity (Wildman–Crippen MR) is 77.0 cm³/mol. The van der Waals surface area contributed by atoms with Gasteiger partial charge in [-0.3, -0.25) is 4.79 Å². The van der Waals surface area contributed by atoms with Crippen LogP contribution in [0.2, 0.25) is 5.02 Å². The zero-order valence-electron chi connectivity index (χ0n) is 12.0. The number of carbonyl (C=O) groups excluding carboxylic acids is 1. The van der Waals surface area contributed by atoms with Gasteiger partial charge in [0.1, 0.15) is 11.5 Å². The highest BCUT2D eigenvalue weighted by atomic mass is 35.5. The molecule has 2 unspecified atom stereocenters. The van der Waals surface area contributed by atoms with Crippen LogP contribution in [0.3, 0.4) is 0 Å². The SMILES string of the molecule is COC1CCC(NC(=O)c2nc(C(C)C)ncc2Cl)C1. The van der Waals surface area contributed by atoms with Crippen LogP contribution < -0.4 is 5.32 Å². The molecule has 5 nitrogen and oxygen atoms in total. The number of hydrogen-bond acceptors (Lipinski definition) is 4. The molecule has 1 aromatic heterocycles. The number of nitrogens with one attached hydrogen (secondary N) is 1. The monoisotopic (exact) mass is 297 g/mol. The lowest BCUT2D eigenvalue weighted by molar-refractivity contribution is 0.0910. The standard InChI is InChI=1S/C14H20ClN3O2/c1-8(2)13-16-7-11(15)12(18-13)14(19)17-9-4-5-10(6-9)20-3/h7-10H,4-6H2,1-3H3,(H,17,19). The minimum Gasteiger partial charge on any atom is -0.381 e. The second-order valence-corrected chi connectivity index (χ2v) is 5.83. The number of carbonyl (C=O) groups is 1. The maximum absolute atomic E-state index is 12.3. The van der Waals surface area contributed by atoms with Crippen LogP contribution in [0.25, 0.3) is 0 Å². The average Bonchev–Trinajstić information content (AvgIpc) is 2.86. The zero-order valence-corrected chi connectivity index (χ0v) is 12.8. The third-order valence-electron chi connectivity index (χ3n) is 3.55. The van der Waals surface area contributed by atoms with Crippen molar-refractivity contribution >= 4 is 17.5 Å². The summed E-state index contributed by atoms with van der Waals surface area (Å²) in [6.45, 7) is 3.95. The largest absolute Gasteiger partial charge is 0.381 e. The first kappa shape index (κ1) is 15.2. The van der Waals surface area contributed by atoms with E-state index in [0.717, 1.165) is 19.3 Å². The fourth-order valence-electron chi connectivity index (χ4n) is 2.36. The van der Waals surface area contributed by atoms with Gasteiger partial charge < -0.3 is 10.1 Å². The van der Waals surface area contributed by atoms with Crippen molar-refractivity contribution in [2.45, 2.75) is 51.2 Å². The first-order valence-electron chi connectivity index (χ1n) is 6.87. The topological polar surface area (TPSA) is 64.1 Å². The minimum absolute atomic E-state index is 0.126. The Morgan fingerprint density at radius 3 is 2.85 bits per heavy atom. The summed E-state index contributed by atoms with van der Waals surface area (Å²) in [4.78, 5) is 20.7. The molecule has 0 bridgehead atoms. The second kappa shape index (κ2) is 6.50. The van der Waals surface area contributed by atoms with Gasteiger partial charge in [0.15, 0.2) is 0 Å². The van der Waals surface area contributed by atoms with Crippen LogP contribution in [-0.4, -0.2) is 35.1 Å². The van der Waals surface area contributed by atoms with Crippen LogP contribution in [-0.2, 0) is 4.74 Å². The number of ether oxygens (including phenoxy) is 1. The van der Waals surface area contributed by atoms with E-state index in [-0.39, 0.29) is 34.7 Å². The van der Waals surface area contributed by atoms with Crippen molar-refractivity contribution in [1.29, 1.82) is 0 Å². The van der Waals surface area contributed by atoms with E-state index in [0.29, 0.717) is 5.82 Å². The summed E-state index contributed by atoms with van der Waals surface area (Å²) in [5.41, 5.74) is 0.256. The molecule has 20 heavy (non-hydrogen) atoms. The lowest BCUT2D eigenvalue weighted by Gasteiger charge is -2.14. The summed E-state index contributed by atoms with van der Waals surface area (Å²) >= 11 is 6.03. The molecule has 1 aliphatic rings. The predicted octanol–water partition coefficient (Wildman–Crippen LogP) is 2.55. The van der Waals surface area contributed by atoms with Gasteiger partial charge in [-0.15, -0.1) is 0 Å². The van der Waals surface area contributed by atoms with Crippen molar-refractivity contribution in [3.63, 3.8) is 0 Å². The van der Waals surface area contributed by atoms with Gasteiger partial charge in [0.25, 0.3) is 5.91 Å². The van der Waals surface area contributed by atoms with Gasteiger partial charge in [-0.1, -0.05) is 25.4 Å². The molecule has 0 saturated heterocycles. The van der Waals surface area contributed by atoms with Crippen molar-refractivity contribution in [1.82, 2.24) is 15.3 Å². The van der Waals surface area contributed by atoms with E-state index in [2.05, 4.69) is 15.3 Å². The van der Waals surface area contributed by atoms with E-state index < -0.39 is 0 Å². The van der Waals surface area contributed by atoms with Crippen LogP contribution in [0.4, 0.5) is 0 Å². The molecule has 1 aliphatic carbocycles. The summed E-state index contributed by atoms with van der Waals surface area (Å²) in [6.07, 6.45) is 4.44. The van der Waals surface area contributed by atoms with Crippen molar-refractivity contribution in [2.24, 2.45) is 0 Å². The Bertz CT molecular complexity index is 493. The van der Waals surface area contributed by atoms with Crippen LogP contribution in [0.1, 0.15) is 55.3 Å². The quantitative estimate of drug-likeness (QED) is 0.927. The van der Waals surface area contributed by atoms with Gasteiger partial charge in [-0.05, 0) is 19.3 Å². The van der Waals surface area contributed by atoms with Crippen molar-refractivity contribution in [3.8, 4) is 0 Å². The number of halogens is 1. The highest BCUT2D eigenvalue weighted by Crippen LogP contribution is 2.22. The number of hydrogen-bond donors (Lipinski definition) is 1. The maximum atomic E-state index is 12.3. The summed E-state index contributed by atoms with van der Waals surface area (Å²) in [5, 5.41) is 3.26. The number of rotatable bonds is 4. The summed E-state index contributed by atoms with van der Waals surface area (Å²) < 4.78 is 5.30. The first-order valence-corrected chi connectivity index (χ1v) is 7.25. The Hall–Kier alpha value is -1.20. The Balaban J connectivity index is 2.07. The van der Waals surface area contributed by atoms with Gasteiger partial charge in [0.2, 0.25) is 0 Å². The Morgan fingerprint density at radius 2 is 2.25 bits per heavy atom. The van der Waals surface area contributed by atoms with Gasteiger partial charge in [-0.25, -0.2) is 9.97 Å². The van der Waals surface area contributed by atoms with Gasteiger partial charge in [-0.2, -0.15) is 0 Å². The van der Waals surface area contributed by atoms with E-state index in [1.807, 2.05) is 13.8 Å². The number of methoxy groups -OCH3 is 1. The average molecular weight is 298 g/mol. The fraction of sp³-hybridized carbons (Fsp3) is 0.643. The number of amides is 1. The highest BCUT2D eigenvalue weighted by Gasteiger charge is 2.27. The molecular weight excluding hydrogens is 278 g/mol. The zero-order chi connectivity index (χ0) is 14.7. The molecule has 1 fully saturated rings.